The summed E-state index contributed by atoms with van der Waals surface area (Å²) in [6, 6.07) is 0. The lowest BCUT2D eigenvalue weighted by molar-refractivity contribution is 1.77. The Kier molecular flexibility index (Phi) is 3.32. The number of allylic oxidation sites excluding steroid dienone is 1. The van der Waals surface area contributed by atoms with Gasteiger partial charge in [0.25, 0.3) is 0 Å². The van der Waals surface area contributed by atoms with Gasteiger partial charge in [0.05, 0.1) is 3.74 Å². The number of hydrogen-bond acceptors (Lipinski definition) is 0. The van der Waals surface area contributed by atoms with Crippen LogP contribution in [0.5, 0.6) is 0 Å². The molecule has 0 aromatic carbocycles. The molecule has 0 aromatic rings. The van der Waals surface area contributed by atoms with Crippen molar-refractivity contribution in [3.63, 3.8) is 0 Å². The molecule has 0 aromatic heterocycles. The quantitative estimate of drug-likeness (QED) is 0.449. The molecule has 0 aliphatic carbocycles. The van der Waals surface area contributed by atoms with E-state index in [1.165, 1.54) is 0 Å². The van der Waals surface area contributed by atoms with E-state index in [1.807, 2.05) is 0 Å². The summed E-state index contributed by atoms with van der Waals surface area (Å²) < 4.78 is 0.273. The van der Waals surface area contributed by atoms with Crippen molar-refractivity contribution >= 4 is 31.9 Å². The summed E-state index contributed by atoms with van der Waals surface area (Å²) in [5, 5.41) is 0. The van der Waals surface area contributed by atoms with Crippen LogP contribution in [0.2, 0.25) is 0 Å². The summed E-state index contributed by atoms with van der Waals surface area (Å²) in [6.07, 6.45) is 1.75. The predicted octanol–water partition coefficient (Wildman–Crippen LogP) is 2.29. The first-order valence-electron chi connectivity index (χ1n) is 1.18. The molecule has 0 saturated heterocycles. The van der Waals surface area contributed by atoms with E-state index in [0.717, 1.165) is 0 Å². The van der Waals surface area contributed by atoms with Crippen LogP contribution in [0.3, 0.4) is 0 Å². The molecule has 0 fully saturated rings. The molecule has 0 N–H and O–H groups in total. The maximum Gasteiger partial charge on any atom is 0.0874 e. The number of halogens is 2. The highest BCUT2D eigenvalue weighted by Gasteiger charge is 1.79. The zero-order chi connectivity index (χ0) is 4.28. The third kappa shape index (κ3) is 4.70. The van der Waals surface area contributed by atoms with Crippen LogP contribution < -0.4 is 0 Å². The van der Waals surface area contributed by atoms with Gasteiger partial charge in [-0.1, -0.05) is 37.9 Å². The predicted molar refractivity (Wildman–Crippen MR) is 31.8 cm³/mol. The van der Waals surface area contributed by atoms with Crippen molar-refractivity contribution in [1.29, 1.82) is 0 Å². The first kappa shape index (κ1) is 5.70. The van der Waals surface area contributed by atoms with E-state index in [2.05, 4.69) is 38.4 Å². The van der Waals surface area contributed by atoms with Gasteiger partial charge in [-0.2, -0.15) is 0 Å². The molecule has 0 heterocycles. The summed E-state index contributed by atoms with van der Waals surface area (Å²) in [5.41, 5.74) is 0. The molecule has 30 valence electrons. The Labute approximate surface area is 48.5 Å². The van der Waals surface area contributed by atoms with Crippen LogP contribution in [0.15, 0.2) is 12.7 Å². The highest BCUT2D eigenvalue weighted by atomic mass is 79.9. The molecule has 0 spiro atoms. The van der Waals surface area contributed by atoms with Crippen LogP contribution >= 0.6 is 31.9 Å². The molecule has 0 amide bonds. The third-order valence-corrected chi connectivity index (χ3v) is 0.926. The van der Waals surface area contributed by atoms with Gasteiger partial charge in [0.15, 0.2) is 0 Å². The van der Waals surface area contributed by atoms with Crippen molar-refractivity contribution < 1.29 is 0 Å². The van der Waals surface area contributed by atoms with Crippen LogP contribution in [0, 0.1) is 0 Å². The Bertz CT molecular complexity index is 31.9. The van der Waals surface area contributed by atoms with E-state index in [1.54, 1.807) is 6.08 Å². The van der Waals surface area contributed by atoms with Gasteiger partial charge in [0.2, 0.25) is 0 Å². The van der Waals surface area contributed by atoms with E-state index >= 15 is 0 Å². The minimum absolute atomic E-state index is 0.273. The smallest absolute Gasteiger partial charge is 0.0874 e. The SMILES string of the molecule is C=CC(Br)Br. The lowest BCUT2D eigenvalue weighted by atomic mass is 10.8. The highest BCUT2D eigenvalue weighted by molar-refractivity contribution is 9.24. The van der Waals surface area contributed by atoms with Gasteiger partial charge in [0.1, 0.15) is 0 Å². The summed E-state index contributed by atoms with van der Waals surface area (Å²) in [5.74, 6) is 0. The van der Waals surface area contributed by atoms with Crippen molar-refractivity contribution in [2.24, 2.45) is 0 Å². The number of hydrogen-bond donors (Lipinski definition) is 0. The van der Waals surface area contributed by atoms with Gasteiger partial charge in [-0.05, 0) is 0 Å². The molecule has 0 aliphatic heterocycles. The first-order chi connectivity index (χ1) is 2.27. The Morgan fingerprint density at radius 2 is 1.80 bits per heavy atom. The van der Waals surface area contributed by atoms with Crippen molar-refractivity contribution in [2.75, 3.05) is 0 Å². The van der Waals surface area contributed by atoms with Crippen LogP contribution in [0.1, 0.15) is 0 Å². The zero-order valence-electron chi connectivity index (χ0n) is 2.62. The Hall–Kier alpha value is 0.700. The minimum atomic E-state index is 0.273. The van der Waals surface area contributed by atoms with Gasteiger partial charge in [-0.25, -0.2) is 0 Å². The molecule has 5 heavy (non-hydrogen) atoms. The summed E-state index contributed by atoms with van der Waals surface area (Å²) in [7, 11) is 0. The van der Waals surface area contributed by atoms with Gasteiger partial charge < -0.3 is 0 Å². The Morgan fingerprint density at radius 3 is 1.80 bits per heavy atom. The molecule has 0 atom stereocenters. The van der Waals surface area contributed by atoms with Crippen LogP contribution in [0.25, 0.3) is 0 Å². The Morgan fingerprint density at radius 1 is 1.60 bits per heavy atom. The normalized spacial score (nSPS) is 8.60. The number of rotatable bonds is 1. The second kappa shape index (κ2) is 2.91. The van der Waals surface area contributed by atoms with Gasteiger partial charge >= 0.3 is 0 Å². The highest BCUT2D eigenvalue weighted by Crippen LogP contribution is 2.06. The van der Waals surface area contributed by atoms with Crippen molar-refractivity contribution in [2.45, 2.75) is 3.74 Å². The summed E-state index contributed by atoms with van der Waals surface area (Å²) in [4.78, 5) is 0. The molecule has 2 heteroatoms. The third-order valence-electron chi connectivity index (χ3n) is 0.178. The lowest BCUT2D eigenvalue weighted by Crippen LogP contribution is -1.66. The van der Waals surface area contributed by atoms with Crippen molar-refractivity contribution in [3.8, 4) is 0 Å². The number of alkyl halides is 2. The second-order valence-corrected chi connectivity index (χ2v) is 3.77. The van der Waals surface area contributed by atoms with Gasteiger partial charge in [0, 0.05) is 0 Å². The van der Waals surface area contributed by atoms with Crippen LogP contribution in [-0.2, 0) is 0 Å². The molecule has 0 bridgehead atoms. The molecule has 0 unspecified atom stereocenters. The van der Waals surface area contributed by atoms with Crippen molar-refractivity contribution in [3.05, 3.63) is 12.7 Å². The largest absolute Gasteiger partial charge is 0.101 e. The molecule has 0 nitrogen and oxygen atoms in total. The fourth-order valence-electron chi connectivity index (χ4n) is 0. The maximum atomic E-state index is 3.47. The van der Waals surface area contributed by atoms with E-state index in [-0.39, 0.29) is 3.74 Å². The average Bonchev–Trinajstić information content (AvgIpc) is 1.38. The molecular weight excluding hydrogens is 196 g/mol. The monoisotopic (exact) mass is 198 g/mol. The summed E-state index contributed by atoms with van der Waals surface area (Å²) >= 11 is 6.34. The molecular formula is C3H4Br2. The van der Waals surface area contributed by atoms with E-state index in [0.29, 0.717) is 0 Å². The molecule has 0 aliphatic rings. The average molecular weight is 200 g/mol. The van der Waals surface area contributed by atoms with E-state index in [4.69, 9.17) is 0 Å². The molecule has 0 saturated carbocycles. The van der Waals surface area contributed by atoms with Gasteiger partial charge in [-0.15, -0.1) is 6.58 Å². The topological polar surface area (TPSA) is 0 Å². The zero-order valence-corrected chi connectivity index (χ0v) is 5.79. The Balaban J connectivity index is 2.83. The second-order valence-electron chi connectivity index (χ2n) is 0.570. The lowest BCUT2D eigenvalue weighted by Gasteiger charge is -1.78. The minimum Gasteiger partial charge on any atom is -0.101 e. The van der Waals surface area contributed by atoms with Gasteiger partial charge in [-0.3, -0.25) is 0 Å². The fraction of sp³-hybridized carbons (Fsp3) is 0.333. The van der Waals surface area contributed by atoms with Crippen LogP contribution in [-0.4, -0.2) is 3.74 Å². The van der Waals surface area contributed by atoms with E-state index < -0.39 is 0 Å². The fourth-order valence-corrected chi connectivity index (χ4v) is 0. The molecule has 0 radical (unpaired) electrons. The first-order valence-corrected chi connectivity index (χ1v) is 3.01. The maximum absolute atomic E-state index is 3.47. The van der Waals surface area contributed by atoms with Crippen molar-refractivity contribution in [1.82, 2.24) is 0 Å². The van der Waals surface area contributed by atoms with Crippen LogP contribution in [0.4, 0.5) is 0 Å². The summed E-state index contributed by atoms with van der Waals surface area (Å²) in [6.45, 7) is 3.47. The standard InChI is InChI=1S/C3H4Br2/c1-2-3(4)5/h2-3H,1H2. The van der Waals surface area contributed by atoms with E-state index in [9.17, 15) is 0 Å². The molecule has 0 rings (SSSR count).